The molecule has 1 saturated heterocycles. The lowest BCUT2D eigenvalue weighted by Gasteiger charge is -2.12. The second-order valence-corrected chi connectivity index (χ2v) is 5.07. The van der Waals surface area contributed by atoms with E-state index in [4.69, 9.17) is 16.3 Å². The maximum atomic E-state index is 11.7. The number of hydrogen-bond donors (Lipinski definition) is 2. The first-order valence-electron chi connectivity index (χ1n) is 5.25. The summed E-state index contributed by atoms with van der Waals surface area (Å²) in [5, 5.41) is 6.21. The minimum atomic E-state index is -0.233. The summed E-state index contributed by atoms with van der Waals surface area (Å²) in [7, 11) is 0. The van der Waals surface area contributed by atoms with Gasteiger partial charge in [-0.3, -0.25) is 0 Å². The molecule has 1 aliphatic rings. The Balaban J connectivity index is 1.93. The molecule has 1 aromatic rings. The topological polar surface area (TPSA) is 50.4 Å². The Morgan fingerprint density at radius 3 is 3.00 bits per heavy atom. The number of urea groups is 1. The van der Waals surface area contributed by atoms with Crippen molar-refractivity contribution in [2.24, 2.45) is 0 Å². The Bertz CT molecular complexity index is 422. The van der Waals surface area contributed by atoms with Crippen LogP contribution in [0, 0.1) is 0 Å². The van der Waals surface area contributed by atoms with Crippen LogP contribution in [0.3, 0.4) is 0 Å². The van der Waals surface area contributed by atoms with Crippen LogP contribution in [0.5, 0.6) is 0 Å². The molecule has 1 unspecified atom stereocenters. The van der Waals surface area contributed by atoms with Crippen molar-refractivity contribution >= 4 is 39.2 Å². The van der Waals surface area contributed by atoms with Crippen molar-refractivity contribution in [1.82, 2.24) is 5.32 Å². The van der Waals surface area contributed by atoms with Crippen LogP contribution in [0.1, 0.15) is 6.42 Å². The lowest BCUT2D eigenvalue weighted by atomic mass is 10.3. The van der Waals surface area contributed by atoms with Gasteiger partial charge in [-0.2, -0.15) is 0 Å². The Labute approximate surface area is 113 Å². The zero-order valence-electron chi connectivity index (χ0n) is 9.00. The number of carbonyl (C=O) groups is 1. The number of nitrogens with one attached hydrogen (secondary N) is 2. The molecule has 2 N–H and O–H groups in total. The predicted octanol–water partition coefficient (Wildman–Crippen LogP) is 3.01. The molecule has 17 heavy (non-hydrogen) atoms. The molecule has 2 rings (SSSR count). The largest absolute Gasteiger partial charge is 0.379 e. The van der Waals surface area contributed by atoms with E-state index in [-0.39, 0.29) is 12.1 Å². The van der Waals surface area contributed by atoms with E-state index in [1.807, 2.05) is 0 Å². The Kier molecular flexibility index (Phi) is 4.25. The summed E-state index contributed by atoms with van der Waals surface area (Å²) in [6, 6.07) is 5.07. The number of rotatable bonds is 2. The van der Waals surface area contributed by atoms with Gasteiger partial charge in [0.25, 0.3) is 0 Å². The summed E-state index contributed by atoms with van der Waals surface area (Å²) in [5.74, 6) is 0. The van der Waals surface area contributed by atoms with Gasteiger partial charge >= 0.3 is 6.03 Å². The van der Waals surface area contributed by atoms with Crippen LogP contribution in [0.25, 0.3) is 0 Å². The molecular formula is C11H12BrClN2O2. The molecule has 1 heterocycles. The second kappa shape index (κ2) is 5.71. The molecular weight excluding hydrogens is 307 g/mol. The minimum absolute atomic E-state index is 0.0982. The van der Waals surface area contributed by atoms with Crippen molar-refractivity contribution in [3.63, 3.8) is 0 Å². The zero-order valence-corrected chi connectivity index (χ0v) is 11.3. The highest BCUT2D eigenvalue weighted by Crippen LogP contribution is 2.25. The highest BCUT2D eigenvalue weighted by atomic mass is 79.9. The fourth-order valence-electron chi connectivity index (χ4n) is 1.58. The highest BCUT2D eigenvalue weighted by molar-refractivity contribution is 9.10. The van der Waals surface area contributed by atoms with E-state index in [1.54, 1.807) is 18.2 Å². The third-order valence-electron chi connectivity index (χ3n) is 2.44. The summed E-state index contributed by atoms with van der Waals surface area (Å²) in [4.78, 5) is 11.7. The molecule has 1 aliphatic heterocycles. The maximum absolute atomic E-state index is 11.7. The molecule has 6 heteroatoms. The molecule has 0 aliphatic carbocycles. The van der Waals surface area contributed by atoms with Gasteiger partial charge in [0.15, 0.2) is 0 Å². The number of anilines is 1. The molecule has 1 fully saturated rings. The van der Waals surface area contributed by atoms with Crippen LogP contribution in [-0.2, 0) is 4.74 Å². The Morgan fingerprint density at radius 2 is 2.35 bits per heavy atom. The van der Waals surface area contributed by atoms with E-state index in [9.17, 15) is 4.79 Å². The third kappa shape index (κ3) is 3.59. The number of benzene rings is 1. The summed E-state index contributed by atoms with van der Waals surface area (Å²) in [5.41, 5.74) is 0.686. The summed E-state index contributed by atoms with van der Waals surface area (Å²) in [6.45, 7) is 1.28. The van der Waals surface area contributed by atoms with Crippen molar-refractivity contribution in [3.05, 3.63) is 27.7 Å². The fraction of sp³-hybridized carbons (Fsp3) is 0.364. The minimum Gasteiger partial charge on any atom is -0.379 e. The summed E-state index contributed by atoms with van der Waals surface area (Å²) < 4.78 is 5.93. The first-order chi connectivity index (χ1) is 8.15. The van der Waals surface area contributed by atoms with Crippen LogP contribution in [-0.4, -0.2) is 25.3 Å². The third-order valence-corrected chi connectivity index (χ3v) is 3.34. The van der Waals surface area contributed by atoms with Crippen LogP contribution >= 0.6 is 27.5 Å². The second-order valence-electron chi connectivity index (χ2n) is 3.78. The van der Waals surface area contributed by atoms with Crippen molar-refractivity contribution in [2.45, 2.75) is 12.5 Å². The predicted molar refractivity (Wildman–Crippen MR) is 70.5 cm³/mol. The van der Waals surface area contributed by atoms with E-state index < -0.39 is 0 Å². The molecule has 0 aromatic heterocycles. The van der Waals surface area contributed by atoms with Crippen LogP contribution in [0.4, 0.5) is 10.5 Å². The van der Waals surface area contributed by atoms with Crippen molar-refractivity contribution in [2.75, 3.05) is 18.5 Å². The molecule has 2 amide bonds. The molecule has 0 bridgehead atoms. The van der Waals surface area contributed by atoms with Gasteiger partial charge in [-0.1, -0.05) is 11.6 Å². The Morgan fingerprint density at radius 1 is 1.53 bits per heavy atom. The average molecular weight is 320 g/mol. The molecule has 4 nitrogen and oxygen atoms in total. The number of hydrogen-bond acceptors (Lipinski definition) is 2. The van der Waals surface area contributed by atoms with E-state index in [0.717, 1.165) is 10.9 Å². The van der Waals surface area contributed by atoms with Crippen molar-refractivity contribution in [1.29, 1.82) is 0 Å². The molecule has 92 valence electrons. The van der Waals surface area contributed by atoms with Crippen molar-refractivity contribution < 1.29 is 9.53 Å². The lowest BCUT2D eigenvalue weighted by Crippen LogP contribution is -2.38. The normalized spacial score (nSPS) is 19.1. The van der Waals surface area contributed by atoms with E-state index in [1.165, 1.54) is 0 Å². The monoisotopic (exact) mass is 318 g/mol. The van der Waals surface area contributed by atoms with Crippen molar-refractivity contribution in [3.8, 4) is 0 Å². The highest BCUT2D eigenvalue weighted by Gasteiger charge is 2.17. The molecule has 0 spiro atoms. The zero-order chi connectivity index (χ0) is 12.3. The van der Waals surface area contributed by atoms with Gasteiger partial charge in [-0.05, 0) is 40.5 Å². The van der Waals surface area contributed by atoms with Gasteiger partial charge in [0.1, 0.15) is 0 Å². The number of halogens is 2. The quantitative estimate of drug-likeness (QED) is 0.880. The number of amides is 2. The van der Waals surface area contributed by atoms with Gasteiger partial charge in [-0.25, -0.2) is 4.79 Å². The van der Waals surface area contributed by atoms with Gasteiger partial charge < -0.3 is 15.4 Å². The van der Waals surface area contributed by atoms with Gasteiger partial charge in [0, 0.05) is 16.1 Å². The summed E-state index contributed by atoms with van der Waals surface area (Å²) >= 11 is 9.15. The lowest BCUT2D eigenvalue weighted by molar-refractivity contribution is 0.189. The van der Waals surface area contributed by atoms with Gasteiger partial charge in [0.05, 0.1) is 18.3 Å². The number of carbonyl (C=O) groups excluding carboxylic acids is 1. The standard InChI is InChI=1S/C11H12BrClN2O2/c12-9-5-7(13)1-2-10(9)15-11(16)14-8-3-4-17-6-8/h1-2,5,8H,3-4,6H2,(H2,14,15,16). The van der Waals surface area contributed by atoms with E-state index in [0.29, 0.717) is 23.9 Å². The smallest absolute Gasteiger partial charge is 0.319 e. The summed E-state index contributed by atoms with van der Waals surface area (Å²) in [6.07, 6.45) is 0.856. The first kappa shape index (κ1) is 12.7. The SMILES string of the molecule is O=C(Nc1ccc(Cl)cc1Br)NC1CCOC1. The van der Waals surface area contributed by atoms with Gasteiger partial charge in [-0.15, -0.1) is 0 Å². The maximum Gasteiger partial charge on any atom is 0.319 e. The van der Waals surface area contributed by atoms with Crippen LogP contribution in [0.2, 0.25) is 5.02 Å². The Hall–Kier alpha value is -0.780. The number of ether oxygens (including phenoxy) is 1. The molecule has 1 atom stereocenters. The molecule has 0 radical (unpaired) electrons. The van der Waals surface area contributed by atoms with E-state index >= 15 is 0 Å². The average Bonchev–Trinajstić information content (AvgIpc) is 2.75. The molecule has 0 saturated carbocycles. The first-order valence-corrected chi connectivity index (χ1v) is 6.42. The van der Waals surface area contributed by atoms with Gasteiger partial charge in [0.2, 0.25) is 0 Å². The fourth-order valence-corrected chi connectivity index (χ4v) is 2.36. The van der Waals surface area contributed by atoms with Crippen LogP contribution in [0.15, 0.2) is 22.7 Å². The molecule has 1 aromatic carbocycles. The van der Waals surface area contributed by atoms with Crippen LogP contribution < -0.4 is 10.6 Å². The van der Waals surface area contributed by atoms with E-state index in [2.05, 4.69) is 26.6 Å².